The summed E-state index contributed by atoms with van der Waals surface area (Å²) in [5.74, 6) is 1.59. The first-order valence-electron chi connectivity index (χ1n) is 8.49. The highest BCUT2D eigenvalue weighted by Crippen LogP contribution is 2.34. The summed E-state index contributed by atoms with van der Waals surface area (Å²) in [5.41, 5.74) is 7.88. The molecule has 0 bridgehead atoms. The van der Waals surface area contributed by atoms with E-state index in [9.17, 15) is 0 Å². The van der Waals surface area contributed by atoms with Crippen LogP contribution in [0.25, 0.3) is 0 Å². The Morgan fingerprint density at radius 1 is 1.32 bits per heavy atom. The molecule has 1 fully saturated rings. The van der Waals surface area contributed by atoms with Crippen LogP contribution in [0.4, 0.5) is 5.69 Å². The van der Waals surface area contributed by atoms with Gasteiger partial charge >= 0.3 is 0 Å². The Kier molecular flexibility index (Phi) is 6.37. The highest BCUT2D eigenvalue weighted by Gasteiger charge is 2.18. The number of methoxy groups -OCH3 is 1. The highest BCUT2D eigenvalue weighted by molar-refractivity contribution is 5.57. The van der Waals surface area contributed by atoms with E-state index in [-0.39, 0.29) is 0 Å². The number of hydrogen-bond acceptors (Lipinski definition) is 4. The van der Waals surface area contributed by atoms with Crippen molar-refractivity contribution in [2.75, 3.05) is 32.5 Å². The van der Waals surface area contributed by atoms with Crippen molar-refractivity contribution in [2.45, 2.75) is 52.0 Å². The third-order valence-corrected chi connectivity index (χ3v) is 4.49. The second kappa shape index (κ2) is 8.28. The quantitative estimate of drug-likeness (QED) is 0.783. The molecular weight excluding hydrogens is 276 g/mol. The molecule has 1 heterocycles. The number of nitrogens with zero attached hydrogens (tertiary/aromatic N) is 1. The van der Waals surface area contributed by atoms with E-state index < -0.39 is 0 Å². The smallest absolute Gasteiger partial charge is 0.164 e. The van der Waals surface area contributed by atoms with Crippen molar-refractivity contribution >= 4 is 5.69 Å². The average Bonchev–Trinajstić information content (AvgIpc) is 2.51. The van der Waals surface area contributed by atoms with Crippen molar-refractivity contribution in [2.24, 2.45) is 0 Å². The lowest BCUT2D eigenvalue weighted by molar-refractivity contribution is 0.159. The van der Waals surface area contributed by atoms with Crippen LogP contribution in [0, 0.1) is 0 Å². The van der Waals surface area contributed by atoms with Crippen molar-refractivity contribution in [3.63, 3.8) is 0 Å². The average molecular weight is 306 g/mol. The molecule has 1 atom stereocenters. The number of rotatable bonds is 7. The Labute approximate surface area is 134 Å². The van der Waals surface area contributed by atoms with Crippen LogP contribution < -0.4 is 15.2 Å². The summed E-state index contributed by atoms with van der Waals surface area (Å²) in [6.07, 6.45) is 6.13. The number of benzene rings is 1. The maximum absolute atomic E-state index is 5.99. The van der Waals surface area contributed by atoms with Gasteiger partial charge < -0.3 is 20.1 Å². The maximum Gasteiger partial charge on any atom is 0.164 e. The van der Waals surface area contributed by atoms with Crippen LogP contribution in [0.2, 0.25) is 0 Å². The number of hydrogen-bond donors (Lipinski definition) is 1. The highest BCUT2D eigenvalue weighted by atomic mass is 16.5. The Bertz CT molecular complexity index is 476. The molecule has 1 aromatic rings. The Morgan fingerprint density at radius 2 is 2.14 bits per heavy atom. The lowest BCUT2D eigenvalue weighted by Gasteiger charge is -2.33. The fourth-order valence-electron chi connectivity index (χ4n) is 3.29. The summed E-state index contributed by atoms with van der Waals surface area (Å²) in [5, 5.41) is 0. The normalized spacial score (nSPS) is 19.1. The van der Waals surface area contributed by atoms with Crippen LogP contribution in [0.15, 0.2) is 12.1 Å². The number of anilines is 1. The molecule has 1 aromatic carbocycles. The van der Waals surface area contributed by atoms with E-state index >= 15 is 0 Å². The summed E-state index contributed by atoms with van der Waals surface area (Å²) in [4.78, 5) is 2.60. The molecule has 1 aliphatic heterocycles. The predicted octanol–water partition coefficient (Wildman–Crippen LogP) is 3.48. The van der Waals surface area contributed by atoms with E-state index in [1.165, 1.54) is 25.8 Å². The number of ether oxygens (including phenoxy) is 2. The molecule has 22 heavy (non-hydrogen) atoms. The van der Waals surface area contributed by atoms with E-state index in [0.717, 1.165) is 48.2 Å². The van der Waals surface area contributed by atoms with Crippen molar-refractivity contribution in [1.82, 2.24) is 4.90 Å². The van der Waals surface area contributed by atoms with E-state index in [4.69, 9.17) is 15.2 Å². The minimum atomic E-state index is 0.635. The second-order valence-electron chi connectivity index (χ2n) is 6.13. The molecule has 0 aliphatic carbocycles. The Morgan fingerprint density at radius 3 is 2.82 bits per heavy atom. The molecule has 1 aliphatic rings. The second-order valence-corrected chi connectivity index (χ2v) is 6.13. The fraction of sp³-hybridized carbons (Fsp3) is 0.667. The Balaban J connectivity index is 2.00. The first-order chi connectivity index (χ1) is 10.7. The van der Waals surface area contributed by atoms with Crippen molar-refractivity contribution in [3.8, 4) is 11.5 Å². The van der Waals surface area contributed by atoms with Crippen LogP contribution in [0.3, 0.4) is 0 Å². The zero-order valence-electron chi connectivity index (χ0n) is 14.2. The van der Waals surface area contributed by atoms with E-state index in [1.807, 2.05) is 19.1 Å². The van der Waals surface area contributed by atoms with Gasteiger partial charge in [-0.05, 0) is 58.7 Å². The fourth-order valence-corrected chi connectivity index (χ4v) is 3.29. The van der Waals surface area contributed by atoms with Gasteiger partial charge in [-0.25, -0.2) is 0 Å². The third kappa shape index (κ3) is 4.29. The van der Waals surface area contributed by atoms with Crippen molar-refractivity contribution in [3.05, 3.63) is 17.7 Å². The molecule has 2 N–H and O–H groups in total. The number of likely N-dealkylation sites (tertiary alicyclic amines) is 1. The predicted molar refractivity (Wildman–Crippen MR) is 91.8 cm³/mol. The SMILES string of the molecule is CCOc1c(CCCN2CCCCC2C)cc(N)cc1OC. The van der Waals surface area contributed by atoms with Crippen LogP contribution in [-0.4, -0.2) is 37.7 Å². The molecule has 1 unspecified atom stereocenters. The van der Waals surface area contributed by atoms with Gasteiger partial charge in [0, 0.05) is 23.4 Å². The van der Waals surface area contributed by atoms with Gasteiger partial charge in [-0.1, -0.05) is 6.42 Å². The van der Waals surface area contributed by atoms with Crippen LogP contribution >= 0.6 is 0 Å². The van der Waals surface area contributed by atoms with Gasteiger partial charge in [0.05, 0.1) is 13.7 Å². The Hall–Kier alpha value is -1.42. The van der Waals surface area contributed by atoms with Gasteiger partial charge in [0.2, 0.25) is 0 Å². The first kappa shape index (κ1) is 16.9. The molecule has 2 rings (SSSR count). The summed E-state index contributed by atoms with van der Waals surface area (Å²) in [6, 6.07) is 4.57. The summed E-state index contributed by atoms with van der Waals surface area (Å²) < 4.78 is 11.2. The molecule has 1 saturated heterocycles. The maximum atomic E-state index is 5.99. The van der Waals surface area contributed by atoms with Crippen molar-refractivity contribution in [1.29, 1.82) is 0 Å². The first-order valence-corrected chi connectivity index (χ1v) is 8.49. The van der Waals surface area contributed by atoms with Gasteiger partial charge in [0.1, 0.15) is 0 Å². The third-order valence-electron chi connectivity index (χ3n) is 4.49. The lowest BCUT2D eigenvalue weighted by Crippen LogP contribution is -2.38. The zero-order chi connectivity index (χ0) is 15.9. The van der Waals surface area contributed by atoms with Crippen LogP contribution in [-0.2, 0) is 6.42 Å². The molecule has 4 nitrogen and oxygen atoms in total. The number of aryl methyl sites for hydroxylation is 1. The molecular formula is C18H30N2O2. The van der Waals surface area contributed by atoms with E-state index in [0.29, 0.717) is 6.61 Å². The van der Waals surface area contributed by atoms with Gasteiger partial charge in [-0.3, -0.25) is 0 Å². The minimum Gasteiger partial charge on any atom is -0.493 e. The monoisotopic (exact) mass is 306 g/mol. The van der Waals surface area contributed by atoms with Gasteiger partial charge in [-0.2, -0.15) is 0 Å². The molecule has 0 spiro atoms. The van der Waals surface area contributed by atoms with E-state index in [2.05, 4.69) is 11.8 Å². The molecule has 0 aromatic heterocycles. The largest absolute Gasteiger partial charge is 0.493 e. The summed E-state index contributed by atoms with van der Waals surface area (Å²) in [6.45, 7) is 7.35. The molecule has 0 saturated carbocycles. The van der Waals surface area contributed by atoms with Crippen molar-refractivity contribution < 1.29 is 9.47 Å². The molecule has 0 radical (unpaired) electrons. The van der Waals surface area contributed by atoms with Gasteiger partial charge in [0.15, 0.2) is 11.5 Å². The van der Waals surface area contributed by atoms with Gasteiger partial charge in [-0.15, -0.1) is 0 Å². The van der Waals surface area contributed by atoms with Gasteiger partial charge in [0.25, 0.3) is 0 Å². The number of piperidine rings is 1. The topological polar surface area (TPSA) is 47.7 Å². The summed E-state index contributed by atoms with van der Waals surface area (Å²) >= 11 is 0. The number of nitrogens with two attached hydrogens (primary N) is 1. The molecule has 124 valence electrons. The zero-order valence-corrected chi connectivity index (χ0v) is 14.2. The minimum absolute atomic E-state index is 0.635. The van der Waals surface area contributed by atoms with E-state index in [1.54, 1.807) is 7.11 Å². The molecule has 0 amide bonds. The van der Waals surface area contributed by atoms with Crippen LogP contribution in [0.5, 0.6) is 11.5 Å². The molecule has 4 heteroatoms. The summed E-state index contributed by atoms with van der Waals surface area (Å²) in [7, 11) is 1.66. The number of nitrogen functional groups attached to an aromatic ring is 1. The standard InChI is InChI=1S/C18H30N2O2/c1-4-22-18-15(12-16(19)13-17(18)21-3)9-7-11-20-10-6-5-8-14(20)2/h12-14H,4-11,19H2,1-3H3. The van der Waals surface area contributed by atoms with Crippen LogP contribution in [0.1, 0.15) is 45.1 Å². The lowest BCUT2D eigenvalue weighted by atomic mass is 10.0.